The fourth-order valence-corrected chi connectivity index (χ4v) is 3.24. The third-order valence-corrected chi connectivity index (χ3v) is 5.02. The van der Waals surface area contributed by atoms with Crippen LogP contribution in [0.15, 0.2) is 42.5 Å². The Bertz CT molecular complexity index is 542. The molecule has 0 fully saturated rings. The van der Waals surface area contributed by atoms with Crippen LogP contribution in [0.5, 0.6) is 0 Å². The van der Waals surface area contributed by atoms with Crippen molar-refractivity contribution in [2.24, 2.45) is 0 Å². The third kappa shape index (κ3) is 4.95. The van der Waals surface area contributed by atoms with E-state index in [2.05, 4.69) is 50.4 Å². The second-order valence-corrected chi connectivity index (χ2v) is 7.63. The highest BCUT2D eigenvalue weighted by atomic mass is 32.1. The van der Waals surface area contributed by atoms with Crippen LogP contribution in [-0.4, -0.2) is 17.8 Å². The molecular formula is C18H25NOS. The number of nitrogens with one attached hydrogen (secondary N) is 1. The van der Waals surface area contributed by atoms with Crippen LogP contribution in [-0.2, 0) is 18.4 Å². The number of rotatable bonds is 6. The van der Waals surface area contributed by atoms with Crippen LogP contribution in [0.4, 0.5) is 0 Å². The van der Waals surface area contributed by atoms with Crippen LogP contribution in [0.25, 0.3) is 0 Å². The zero-order chi connectivity index (χ0) is 15.3. The molecule has 21 heavy (non-hydrogen) atoms. The number of hydrogen-bond donors (Lipinski definition) is 2. The smallest absolute Gasteiger partial charge is 0.0587 e. The Balaban J connectivity index is 1.90. The monoisotopic (exact) mass is 303 g/mol. The van der Waals surface area contributed by atoms with Crippen molar-refractivity contribution in [1.29, 1.82) is 0 Å². The van der Waals surface area contributed by atoms with Gasteiger partial charge < -0.3 is 10.4 Å². The van der Waals surface area contributed by atoms with Crippen LogP contribution in [0.1, 0.15) is 36.1 Å². The Morgan fingerprint density at radius 2 is 1.81 bits per heavy atom. The molecule has 2 rings (SSSR count). The molecule has 1 heterocycles. The van der Waals surface area contributed by atoms with Gasteiger partial charge in [-0.15, -0.1) is 11.3 Å². The summed E-state index contributed by atoms with van der Waals surface area (Å²) < 4.78 is 0. The first-order valence-corrected chi connectivity index (χ1v) is 8.28. The minimum Gasteiger partial charge on any atom is -0.395 e. The van der Waals surface area contributed by atoms with Crippen LogP contribution >= 0.6 is 11.3 Å². The molecule has 0 saturated carbocycles. The van der Waals surface area contributed by atoms with Gasteiger partial charge in [-0.3, -0.25) is 0 Å². The van der Waals surface area contributed by atoms with E-state index in [9.17, 15) is 5.11 Å². The maximum atomic E-state index is 9.54. The molecule has 114 valence electrons. The van der Waals surface area contributed by atoms with E-state index in [1.165, 1.54) is 15.3 Å². The molecule has 2 aromatic rings. The summed E-state index contributed by atoms with van der Waals surface area (Å²) in [6.07, 6.45) is 0.856. The SMILES string of the molecule is CC(C)(C)c1ccc(CN[C@H](CO)Cc2ccccc2)s1. The fourth-order valence-electron chi connectivity index (χ4n) is 2.22. The fraction of sp³-hybridized carbons (Fsp3) is 0.444. The van der Waals surface area contributed by atoms with E-state index >= 15 is 0 Å². The van der Waals surface area contributed by atoms with E-state index in [0.29, 0.717) is 0 Å². The Morgan fingerprint density at radius 1 is 1.10 bits per heavy atom. The minimum atomic E-state index is 0.104. The summed E-state index contributed by atoms with van der Waals surface area (Å²) in [5, 5.41) is 13.0. The highest BCUT2D eigenvalue weighted by Crippen LogP contribution is 2.29. The van der Waals surface area contributed by atoms with Gasteiger partial charge in [-0.2, -0.15) is 0 Å². The minimum absolute atomic E-state index is 0.104. The lowest BCUT2D eigenvalue weighted by molar-refractivity contribution is 0.241. The number of hydrogen-bond acceptors (Lipinski definition) is 3. The van der Waals surface area contributed by atoms with Crippen molar-refractivity contribution in [3.05, 3.63) is 57.8 Å². The highest BCUT2D eigenvalue weighted by molar-refractivity contribution is 7.12. The molecule has 0 bridgehead atoms. The second kappa shape index (κ2) is 7.21. The van der Waals surface area contributed by atoms with Gasteiger partial charge in [0.15, 0.2) is 0 Å². The molecule has 2 N–H and O–H groups in total. The lowest BCUT2D eigenvalue weighted by Crippen LogP contribution is -2.33. The average molecular weight is 303 g/mol. The highest BCUT2D eigenvalue weighted by Gasteiger charge is 2.16. The van der Waals surface area contributed by atoms with E-state index in [-0.39, 0.29) is 18.1 Å². The van der Waals surface area contributed by atoms with Gasteiger partial charge >= 0.3 is 0 Å². The summed E-state index contributed by atoms with van der Waals surface area (Å²) in [6, 6.07) is 14.8. The van der Waals surface area contributed by atoms with Crippen LogP contribution < -0.4 is 5.32 Å². The average Bonchev–Trinajstić information content (AvgIpc) is 2.93. The number of benzene rings is 1. The van der Waals surface area contributed by atoms with Crippen molar-refractivity contribution in [3.8, 4) is 0 Å². The van der Waals surface area contributed by atoms with Gasteiger partial charge in [-0.05, 0) is 29.5 Å². The van der Waals surface area contributed by atoms with Gasteiger partial charge in [-0.25, -0.2) is 0 Å². The van der Waals surface area contributed by atoms with E-state index in [1.54, 1.807) is 0 Å². The molecule has 1 atom stereocenters. The molecule has 0 aliphatic carbocycles. The second-order valence-electron chi connectivity index (χ2n) is 6.47. The predicted molar refractivity (Wildman–Crippen MR) is 90.9 cm³/mol. The molecule has 0 spiro atoms. The van der Waals surface area contributed by atoms with Crippen LogP contribution in [0, 0.1) is 0 Å². The summed E-state index contributed by atoms with van der Waals surface area (Å²) in [5.41, 5.74) is 1.47. The molecule has 0 unspecified atom stereocenters. The topological polar surface area (TPSA) is 32.3 Å². The largest absolute Gasteiger partial charge is 0.395 e. The molecular weight excluding hydrogens is 278 g/mol. The Kier molecular flexibility index (Phi) is 5.57. The normalized spacial score (nSPS) is 13.3. The van der Waals surface area contributed by atoms with Crippen molar-refractivity contribution < 1.29 is 5.11 Å². The van der Waals surface area contributed by atoms with Gasteiger partial charge in [0.1, 0.15) is 0 Å². The summed E-state index contributed by atoms with van der Waals surface area (Å²) in [7, 11) is 0. The van der Waals surface area contributed by atoms with E-state index < -0.39 is 0 Å². The quantitative estimate of drug-likeness (QED) is 0.852. The standard InChI is InChI=1S/C18H25NOS/c1-18(2,3)17-10-9-16(21-17)12-19-15(13-20)11-14-7-5-4-6-8-14/h4-10,15,19-20H,11-13H2,1-3H3/t15-/m0/s1. The molecule has 3 heteroatoms. The Hall–Kier alpha value is -1.16. The zero-order valence-electron chi connectivity index (χ0n) is 13.1. The molecule has 2 nitrogen and oxygen atoms in total. The summed E-state index contributed by atoms with van der Waals surface area (Å²) in [4.78, 5) is 2.73. The number of aliphatic hydroxyl groups is 1. The lowest BCUT2D eigenvalue weighted by Gasteiger charge is -2.17. The van der Waals surface area contributed by atoms with Gasteiger partial charge in [0, 0.05) is 22.3 Å². The first-order valence-electron chi connectivity index (χ1n) is 7.46. The predicted octanol–water partition coefficient (Wildman–Crippen LogP) is 3.74. The maximum Gasteiger partial charge on any atom is 0.0587 e. The molecule has 0 aliphatic rings. The first kappa shape index (κ1) is 16.2. The first-order chi connectivity index (χ1) is 9.99. The summed E-state index contributed by atoms with van der Waals surface area (Å²) >= 11 is 1.85. The lowest BCUT2D eigenvalue weighted by atomic mass is 9.95. The Labute approximate surface area is 131 Å². The van der Waals surface area contributed by atoms with Crippen molar-refractivity contribution >= 4 is 11.3 Å². The third-order valence-electron chi connectivity index (χ3n) is 3.51. The van der Waals surface area contributed by atoms with Gasteiger partial charge in [0.25, 0.3) is 0 Å². The van der Waals surface area contributed by atoms with Gasteiger partial charge in [0.2, 0.25) is 0 Å². The number of thiophene rings is 1. The van der Waals surface area contributed by atoms with Crippen molar-refractivity contribution in [1.82, 2.24) is 5.32 Å². The van der Waals surface area contributed by atoms with Crippen molar-refractivity contribution in [2.45, 2.75) is 45.2 Å². The zero-order valence-corrected chi connectivity index (χ0v) is 13.9. The van der Waals surface area contributed by atoms with E-state index in [0.717, 1.165) is 13.0 Å². The Morgan fingerprint density at radius 3 is 2.38 bits per heavy atom. The molecule has 1 aromatic carbocycles. The van der Waals surface area contributed by atoms with E-state index in [1.807, 2.05) is 29.5 Å². The van der Waals surface area contributed by atoms with Crippen molar-refractivity contribution in [2.75, 3.05) is 6.61 Å². The molecule has 0 amide bonds. The summed E-state index contributed by atoms with van der Waals surface area (Å²) in [6.45, 7) is 7.69. The summed E-state index contributed by atoms with van der Waals surface area (Å²) in [5.74, 6) is 0. The molecule has 0 saturated heterocycles. The molecule has 1 aromatic heterocycles. The van der Waals surface area contributed by atoms with Crippen LogP contribution in [0.2, 0.25) is 0 Å². The van der Waals surface area contributed by atoms with Crippen molar-refractivity contribution in [3.63, 3.8) is 0 Å². The molecule has 0 aliphatic heterocycles. The van der Waals surface area contributed by atoms with Crippen LogP contribution in [0.3, 0.4) is 0 Å². The van der Waals surface area contributed by atoms with Gasteiger partial charge in [0.05, 0.1) is 6.61 Å². The number of aliphatic hydroxyl groups excluding tert-OH is 1. The molecule has 0 radical (unpaired) electrons. The van der Waals surface area contributed by atoms with E-state index in [4.69, 9.17) is 0 Å². The maximum absolute atomic E-state index is 9.54. The van der Waals surface area contributed by atoms with Gasteiger partial charge in [-0.1, -0.05) is 51.1 Å².